The summed E-state index contributed by atoms with van der Waals surface area (Å²) in [4.78, 5) is 4.69. The monoisotopic (exact) mass is 388 g/mol. The third-order valence-electron chi connectivity index (χ3n) is 4.27. The van der Waals surface area contributed by atoms with Gasteiger partial charge in [-0.2, -0.15) is 0 Å². The van der Waals surface area contributed by atoms with Crippen LogP contribution in [-0.2, 0) is 22.0 Å². The Morgan fingerprint density at radius 3 is 2.22 bits per heavy atom. The topological polar surface area (TPSA) is 96.6 Å². The maximum atomic E-state index is 11.3. The minimum absolute atomic E-state index is 0.0470. The highest BCUT2D eigenvalue weighted by Gasteiger charge is 2.20. The molecule has 0 spiro atoms. The molecule has 146 valence electrons. The molecule has 0 unspecified atom stereocenters. The van der Waals surface area contributed by atoms with Gasteiger partial charge in [-0.05, 0) is 30.2 Å². The molecule has 27 heavy (non-hydrogen) atoms. The normalized spacial score (nSPS) is 12.7. The summed E-state index contributed by atoms with van der Waals surface area (Å²) in [6.45, 7) is 8.30. The van der Waals surface area contributed by atoms with Gasteiger partial charge in [-0.1, -0.05) is 56.3 Å². The van der Waals surface area contributed by atoms with Gasteiger partial charge in [-0.15, -0.1) is 0 Å². The molecule has 6 nitrogen and oxygen atoms in total. The second-order valence-corrected chi connectivity index (χ2v) is 8.55. The quantitative estimate of drug-likeness (QED) is 0.501. The fraction of sp³-hybridized carbons (Fsp3) is 0.350. The predicted octanol–water partition coefficient (Wildman–Crippen LogP) is 2.37. The number of sulfonamides is 1. The van der Waals surface area contributed by atoms with Gasteiger partial charge in [-0.3, -0.25) is 0 Å². The van der Waals surface area contributed by atoms with Gasteiger partial charge < -0.3 is 10.6 Å². The van der Waals surface area contributed by atoms with Gasteiger partial charge in [0.1, 0.15) is 0 Å². The van der Waals surface area contributed by atoms with Crippen LogP contribution in [-0.4, -0.2) is 27.5 Å². The summed E-state index contributed by atoms with van der Waals surface area (Å²) in [5.74, 6) is 0.719. The summed E-state index contributed by atoms with van der Waals surface area (Å²) in [5.41, 5.74) is 2.11. The first-order chi connectivity index (χ1) is 12.7. The maximum absolute atomic E-state index is 11.3. The van der Waals surface area contributed by atoms with Crippen LogP contribution in [0.15, 0.2) is 64.5 Å². The zero-order valence-electron chi connectivity index (χ0n) is 16.1. The van der Waals surface area contributed by atoms with Crippen molar-refractivity contribution in [3.8, 4) is 0 Å². The van der Waals surface area contributed by atoms with Gasteiger partial charge in [0.2, 0.25) is 10.0 Å². The van der Waals surface area contributed by atoms with Gasteiger partial charge in [-0.25, -0.2) is 18.5 Å². The van der Waals surface area contributed by atoms with Crippen molar-refractivity contribution in [2.75, 3.05) is 13.1 Å². The molecule has 0 aliphatic rings. The summed E-state index contributed by atoms with van der Waals surface area (Å²) in [6, 6.07) is 16.8. The van der Waals surface area contributed by atoms with Crippen molar-refractivity contribution in [3.05, 3.63) is 65.7 Å². The maximum Gasteiger partial charge on any atom is 0.238 e. The van der Waals surface area contributed by atoms with E-state index in [0.717, 1.165) is 24.6 Å². The molecule has 0 heterocycles. The lowest BCUT2D eigenvalue weighted by Crippen LogP contribution is -2.43. The van der Waals surface area contributed by atoms with Gasteiger partial charge in [0.15, 0.2) is 5.96 Å². The molecule has 2 aromatic rings. The molecule has 0 aromatic heterocycles. The molecule has 0 amide bonds. The van der Waals surface area contributed by atoms with E-state index in [2.05, 4.69) is 41.6 Å². The van der Waals surface area contributed by atoms with Crippen LogP contribution < -0.4 is 15.8 Å². The lowest BCUT2D eigenvalue weighted by Gasteiger charge is -2.26. The average molecular weight is 389 g/mol. The number of benzene rings is 2. The second-order valence-electron chi connectivity index (χ2n) is 6.99. The predicted molar refractivity (Wildman–Crippen MR) is 110 cm³/mol. The Morgan fingerprint density at radius 2 is 1.67 bits per heavy atom. The Morgan fingerprint density at radius 1 is 1.04 bits per heavy atom. The van der Waals surface area contributed by atoms with Crippen molar-refractivity contribution in [1.82, 2.24) is 10.6 Å². The molecule has 0 aliphatic carbocycles. The Balaban J connectivity index is 2.04. The smallest absolute Gasteiger partial charge is 0.238 e. The van der Waals surface area contributed by atoms with Crippen LogP contribution in [0, 0.1) is 0 Å². The van der Waals surface area contributed by atoms with Crippen molar-refractivity contribution in [1.29, 1.82) is 0 Å². The first-order valence-corrected chi connectivity index (χ1v) is 10.5. The van der Waals surface area contributed by atoms with E-state index in [1.165, 1.54) is 17.7 Å². The third kappa shape index (κ3) is 6.37. The van der Waals surface area contributed by atoms with E-state index >= 15 is 0 Å². The summed E-state index contributed by atoms with van der Waals surface area (Å²) < 4.78 is 22.6. The third-order valence-corrected chi connectivity index (χ3v) is 5.20. The number of rotatable bonds is 7. The van der Waals surface area contributed by atoms with E-state index < -0.39 is 10.0 Å². The first kappa shape index (κ1) is 20.9. The molecule has 4 N–H and O–H groups in total. The van der Waals surface area contributed by atoms with Gasteiger partial charge in [0, 0.05) is 18.5 Å². The molecule has 0 radical (unpaired) electrons. The fourth-order valence-corrected chi connectivity index (χ4v) is 3.11. The summed E-state index contributed by atoms with van der Waals surface area (Å²) >= 11 is 0. The van der Waals surface area contributed by atoms with Crippen molar-refractivity contribution >= 4 is 16.0 Å². The summed E-state index contributed by atoms with van der Waals surface area (Å²) in [5, 5.41) is 11.7. The molecule has 7 heteroatoms. The number of hydrogen-bond donors (Lipinski definition) is 3. The highest BCUT2D eigenvalue weighted by atomic mass is 32.2. The van der Waals surface area contributed by atoms with Crippen LogP contribution in [0.2, 0.25) is 0 Å². The van der Waals surface area contributed by atoms with E-state index in [9.17, 15) is 8.42 Å². The molecule has 0 fully saturated rings. The molecule has 0 atom stereocenters. The highest BCUT2D eigenvalue weighted by molar-refractivity contribution is 7.89. The van der Waals surface area contributed by atoms with E-state index in [-0.39, 0.29) is 10.3 Å². The summed E-state index contributed by atoms with van der Waals surface area (Å²) in [6.07, 6.45) is 0. The molecule has 0 saturated carbocycles. The van der Waals surface area contributed by atoms with Crippen molar-refractivity contribution in [2.24, 2.45) is 10.1 Å². The van der Waals surface area contributed by atoms with Gasteiger partial charge >= 0.3 is 0 Å². The number of aliphatic imine (C=N–C) groups is 1. The van der Waals surface area contributed by atoms with Crippen molar-refractivity contribution < 1.29 is 8.42 Å². The Kier molecular flexibility index (Phi) is 6.98. The first-order valence-electron chi connectivity index (χ1n) is 8.92. The molecular formula is C20H28N4O2S. The molecular weight excluding hydrogens is 360 g/mol. The number of nitrogens with two attached hydrogens (primary N) is 1. The second kappa shape index (κ2) is 9.01. The molecule has 2 aromatic carbocycles. The van der Waals surface area contributed by atoms with Crippen LogP contribution in [0.3, 0.4) is 0 Å². The average Bonchev–Trinajstić information content (AvgIpc) is 2.64. The van der Waals surface area contributed by atoms with E-state index in [1.807, 2.05) is 25.1 Å². The van der Waals surface area contributed by atoms with Crippen LogP contribution in [0.1, 0.15) is 31.9 Å². The number of nitrogens with zero attached hydrogens (tertiary/aromatic N) is 1. The van der Waals surface area contributed by atoms with Gasteiger partial charge in [0.25, 0.3) is 0 Å². The molecule has 0 aliphatic heterocycles. The highest BCUT2D eigenvalue weighted by Crippen LogP contribution is 2.21. The lowest BCUT2D eigenvalue weighted by atomic mass is 9.85. The van der Waals surface area contributed by atoms with E-state index in [4.69, 9.17) is 5.14 Å². The minimum atomic E-state index is -3.67. The molecule has 0 saturated heterocycles. The Labute approximate surface area is 162 Å². The standard InChI is InChI=1S/C20H28N4O2S/c1-4-22-19(24-15-20(2,3)17-8-6-5-7-9-17)23-14-16-10-12-18(13-11-16)27(21,25)26/h5-13H,4,14-15H2,1-3H3,(H2,21,25,26)(H2,22,23,24). The van der Waals surface area contributed by atoms with E-state index in [1.54, 1.807) is 12.1 Å². The molecule has 0 bridgehead atoms. The van der Waals surface area contributed by atoms with Crippen molar-refractivity contribution in [3.63, 3.8) is 0 Å². The zero-order chi connectivity index (χ0) is 19.9. The largest absolute Gasteiger partial charge is 0.357 e. The fourth-order valence-electron chi connectivity index (χ4n) is 2.59. The van der Waals surface area contributed by atoms with Gasteiger partial charge in [0.05, 0.1) is 11.4 Å². The van der Waals surface area contributed by atoms with Crippen LogP contribution >= 0.6 is 0 Å². The Bertz CT molecular complexity index is 861. The number of nitrogens with one attached hydrogen (secondary N) is 2. The van der Waals surface area contributed by atoms with Crippen LogP contribution in [0.5, 0.6) is 0 Å². The van der Waals surface area contributed by atoms with E-state index in [0.29, 0.717) is 6.54 Å². The summed E-state index contributed by atoms with van der Waals surface area (Å²) in [7, 11) is -3.67. The minimum Gasteiger partial charge on any atom is -0.357 e. The molecule has 2 rings (SSSR count). The van der Waals surface area contributed by atoms with Crippen LogP contribution in [0.4, 0.5) is 0 Å². The number of hydrogen-bond acceptors (Lipinski definition) is 3. The lowest BCUT2D eigenvalue weighted by molar-refractivity contribution is 0.508. The van der Waals surface area contributed by atoms with Crippen LogP contribution in [0.25, 0.3) is 0 Å². The Hall–Kier alpha value is -2.38. The number of guanidine groups is 1. The number of primary sulfonamides is 1. The van der Waals surface area contributed by atoms with Crippen molar-refractivity contribution in [2.45, 2.75) is 37.6 Å². The SMILES string of the molecule is CCNC(=NCc1ccc(S(N)(=O)=O)cc1)NCC(C)(C)c1ccccc1. The zero-order valence-corrected chi connectivity index (χ0v) is 16.9.